The molecule has 1 atom stereocenters. The smallest absolute Gasteiger partial charge is 0.256 e. The second-order valence-electron chi connectivity index (χ2n) is 5.72. The molecule has 2 aromatic rings. The SMILES string of the molecule is CC#CC#CCC(O)(c1cc(F)cc(F)c1)c1cc(C)cn(C)c1=O. The van der Waals surface area contributed by atoms with Crippen molar-refractivity contribution in [3.8, 4) is 23.7 Å². The molecule has 0 fully saturated rings. The molecule has 1 aromatic heterocycles. The normalized spacial score (nSPS) is 12.4. The van der Waals surface area contributed by atoms with Crippen LogP contribution < -0.4 is 5.56 Å². The summed E-state index contributed by atoms with van der Waals surface area (Å²) in [4.78, 5) is 12.5. The van der Waals surface area contributed by atoms with Crippen LogP contribution in [0.15, 0.2) is 35.3 Å². The third-order valence-electron chi connectivity index (χ3n) is 3.73. The average molecular weight is 341 g/mol. The largest absolute Gasteiger partial charge is 0.379 e. The van der Waals surface area contributed by atoms with Crippen LogP contribution in [0.5, 0.6) is 0 Å². The first kappa shape index (κ1) is 18.4. The van der Waals surface area contributed by atoms with Crippen molar-refractivity contribution < 1.29 is 13.9 Å². The molecule has 0 aliphatic rings. The Bertz CT molecular complexity index is 966. The lowest BCUT2D eigenvalue weighted by Crippen LogP contribution is -2.36. The standard InChI is InChI=1S/C20H17F2NO2/c1-4-5-6-7-8-20(25,15-10-16(21)12-17(22)11-15)18-9-14(2)13-23(3)19(18)24/h9-13,25H,8H2,1-3H3. The molecular weight excluding hydrogens is 324 g/mol. The molecule has 2 rings (SSSR count). The first-order chi connectivity index (χ1) is 11.8. The van der Waals surface area contributed by atoms with E-state index >= 15 is 0 Å². The minimum Gasteiger partial charge on any atom is -0.379 e. The molecule has 0 saturated carbocycles. The quantitative estimate of drug-likeness (QED) is 0.872. The Hall–Kier alpha value is -2.89. The van der Waals surface area contributed by atoms with Gasteiger partial charge in [-0.2, -0.15) is 0 Å². The zero-order chi connectivity index (χ0) is 18.6. The molecular formula is C20H17F2NO2. The van der Waals surface area contributed by atoms with E-state index in [1.54, 1.807) is 27.1 Å². The maximum atomic E-state index is 13.7. The molecule has 25 heavy (non-hydrogen) atoms. The fraction of sp³-hybridized carbons (Fsp3) is 0.250. The summed E-state index contributed by atoms with van der Waals surface area (Å²) >= 11 is 0. The van der Waals surface area contributed by atoms with Crippen molar-refractivity contribution in [1.29, 1.82) is 0 Å². The third kappa shape index (κ3) is 3.96. The van der Waals surface area contributed by atoms with E-state index in [0.717, 1.165) is 12.1 Å². The molecule has 0 radical (unpaired) electrons. The highest BCUT2D eigenvalue weighted by Crippen LogP contribution is 2.32. The summed E-state index contributed by atoms with van der Waals surface area (Å²) in [6, 6.07) is 4.20. The maximum Gasteiger partial charge on any atom is 0.256 e. The van der Waals surface area contributed by atoms with Crippen LogP contribution in [0.2, 0.25) is 0 Å². The third-order valence-corrected chi connectivity index (χ3v) is 3.73. The number of pyridine rings is 1. The van der Waals surface area contributed by atoms with Crippen LogP contribution >= 0.6 is 0 Å². The topological polar surface area (TPSA) is 42.2 Å². The Labute approximate surface area is 144 Å². The Morgan fingerprint density at radius 1 is 1.16 bits per heavy atom. The number of hydrogen-bond donors (Lipinski definition) is 1. The molecule has 1 unspecified atom stereocenters. The molecule has 128 valence electrons. The second kappa shape index (κ2) is 7.34. The number of benzene rings is 1. The minimum atomic E-state index is -1.97. The molecule has 0 aliphatic carbocycles. The predicted molar refractivity (Wildman–Crippen MR) is 91.6 cm³/mol. The monoisotopic (exact) mass is 341 g/mol. The number of rotatable bonds is 3. The number of halogens is 2. The van der Waals surface area contributed by atoms with Crippen molar-refractivity contribution in [1.82, 2.24) is 4.57 Å². The zero-order valence-corrected chi connectivity index (χ0v) is 14.2. The van der Waals surface area contributed by atoms with Crippen molar-refractivity contribution in [2.24, 2.45) is 7.05 Å². The van der Waals surface area contributed by atoms with Gasteiger partial charge in [0.25, 0.3) is 5.56 Å². The van der Waals surface area contributed by atoms with Gasteiger partial charge < -0.3 is 9.67 Å². The second-order valence-corrected chi connectivity index (χ2v) is 5.72. The molecule has 5 heteroatoms. The molecule has 0 aliphatic heterocycles. The van der Waals surface area contributed by atoms with E-state index < -0.39 is 22.8 Å². The van der Waals surface area contributed by atoms with Gasteiger partial charge in [0.15, 0.2) is 0 Å². The van der Waals surface area contributed by atoms with E-state index in [2.05, 4.69) is 23.7 Å². The molecule has 0 saturated heterocycles. The van der Waals surface area contributed by atoms with Crippen molar-refractivity contribution in [3.63, 3.8) is 0 Å². The molecule has 1 N–H and O–H groups in total. The summed E-state index contributed by atoms with van der Waals surface area (Å²) in [5.41, 5.74) is -1.80. The average Bonchev–Trinajstić information content (AvgIpc) is 2.54. The lowest BCUT2D eigenvalue weighted by Gasteiger charge is -2.27. The van der Waals surface area contributed by atoms with E-state index in [0.29, 0.717) is 11.6 Å². The van der Waals surface area contributed by atoms with Crippen LogP contribution in [0.1, 0.15) is 30.0 Å². The molecule has 0 amide bonds. The summed E-state index contributed by atoms with van der Waals surface area (Å²) in [5.74, 6) is 8.63. The predicted octanol–water partition coefficient (Wildman–Crippen LogP) is 2.62. The van der Waals surface area contributed by atoms with Crippen LogP contribution in [-0.4, -0.2) is 9.67 Å². The van der Waals surface area contributed by atoms with Crippen molar-refractivity contribution in [3.05, 3.63) is 69.1 Å². The fourth-order valence-electron chi connectivity index (χ4n) is 2.60. The summed E-state index contributed by atoms with van der Waals surface area (Å²) in [5, 5.41) is 11.2. The van der Waals surface area contributed by atoms with Crippen LogP contribution in [0.3, 0.4) is 0 Å². The van der Waals surface area contributed by atoms with Crippen LogP contribution in [0.4, 0.5) is 8.78 Å². The maximum absolute atomic E-state index is 13.7. The van der Waals surface area contributed by atoms with E-state index in [-0.39, 0.29) is 17.5 Å². The number of aliphatic hydroxyl groups is 1. The van der Waals surface area contributed by atoms with Gasteiger partial charge in [-0.25, -0.2) is 8.78 Å². The van der Waals surface area contributed by atoms with Gasteiger partial charge in [-0.05, 0) is 55.0 Å². The van der Waals surface area contributed by atoms with Gasteiger partial charge in [0.05, 0.1) is 5.56 Å². The minimum absolute atomic E-state index is 0.00115. The molecule has 0 bridgehead atoms. The van der Waals surface area contributed by atoms with Gasteiger partial charge in [-0.1, -0.05) is 11.8 Å². The highest BCUT2D eigenvalue weighted by atomic mass is 19.1. The summed E-state index contributed by atoms with van der Waals surface area (Å²) in [7, 11) is 1.54. The number of aromatic nitrogens is 1. The number of aryl methyl sites for hydroxylation is 2. The number of nitrogens with zero attached hydrogens (tertiary/aromatic N) is 1. The van der Waals surface area contributed by atoms with Crippen molar-refractivity contribution in [2.45, 2.75) is 25.9 Å². The lowest BCUT2D eigenvalue weighted by atomic mass is 9.83. The van der Waals surface area contributed by atoms with E-state index in [9.17, 15) is 18.7 Å². The van der Waals surface area contributed by atoms with Gasteiger partial charge in [0, 0.05) is 25.7 Å². The van der Waals surface area contributed by atoms with Gasteiger partial charge in [-0.15, -0.1) is 0 Å². The van der Waals surface area contributed by atoms with Crippen LogP contribution in [-0.2, 0) is 12.6 Å². The summed E-state index contributed by atoms with van der Waals surface area (Å²) in [6.07, 6.45) is 1.37. The lowest BCUT2D eigenvalue weighted by molar-refractivity contribution is 0.0837. The van der Waals surface area contributed by atoms with Crippen molar-refractivity contribution in [2.75, 3.05) is 0 Å². The Balaban J connectivity index is 2.74. The molecule has 3 nitrogen and oxygen atoms in total. The van der Waals surface area contributed by atoms with Crippen LogP contribution in [0.25, 0.3) is 0 Å². The first-order valence-electron chi connectivity index (χ1n) is 7.54. The Morgan fingerprint density at radius 2 is 1.80 bits per heavy atom. The van der Waals surface area contributed by atoms with Gasteiger partial charge in [-0.3, -0.25) is 4.79 Å². The molecule has 0 spiro atoms. The van der Waals surface area contributed by atoms with Crippen molar-refractivity contribution >= 4 is 0 Å². The summed E-state index contributed by atoms with van der Waals surface area (Å²) in [6.45, 7) is 3.36. The summed E-state index contributed by atoms with van der Waals surface area (Å²) < 4.78 is 28.7. The van der Waals surface area contributed by atoms with Gasteiger partial charge in [0.2, 0.25) is 0 Å². The Morgan fingerprint density at radius 3 is 2.40 bits per heavy atom. The van der Waals surface area contributed by atoms with E-state index in [1.807, 2.05) is 0 Å². The fourth-order valence-corrected chi connectivity index (χ4v) is 2.60. The van der Waals surface area contributed by atoms with Gasteiger partial charge >= 0.3 is 0 Å². The molecule has 1 aromatic carbocycles. The van der Waals surface area contributed by atoms with E-state index in [4.69, 9.17) is 0 Å². The van der Waals surface area contributed by atoms with E-state index in [1.165, 1.54) is 10.6 Å². The highest BCUT2D eigenvalue weighted by Gasteiger charge is 2.35. The highest BCUT2D eigenvalue weighted by molar-refractivity contribution is 5.39. The number of hydrogen-bond acceptors (Lipinski definition) is 2. The molecule has 1 heterocycles. The first-order valence-corrected chi connectivity index (χ1v) is 7.54. The van der Waals surface area contributed by atoms with Crippen LogP contribution in [0, 0.1) is 42.2 Å². The zero-order valence-electron chi connectivity index (χ0n) is 14.2. The van der Waals surface area contributed by atoms with Gasteiger partial charge in [0.1, 0.15) is 17.2 Å². The Kier molecular flexibility index (Phi) is 5.41.